The van der Waals surface area contributed by atoms with Gasteiger partial charge in [0.05, 0.1) is 33.4 Å². The van der Waals surface area contributed by atoms with Crippen LogP contribution in [0.4, 0.5) is 17.1 Å². The number of anilines is 3. The third-order valence-electron chi connectivity index (χ3n) is 14.2. The monoisotopic (exact) mass is 893 g/mol. The van der Waals surface area contributed by atoms with Crippen LogP contribution in [0.1, 0.15) is 0 Å². The summed E-state index contributed by atoms with van der Waals surface area (Å²) < 4.78 is 11.1. The Kier molecular flexibility index (Phi) is 9.17. The van der Waals surface area contributed by atoms with E-state index >= 15 is 0 Å². The van der Waals surface area contributed by atoms with E-state index in [-0.39, 0.29) is 0 Å². The van der Waals surface area contributed by atoms with Gasteiger partial charge in [-0.1, -0.05) is 176 Å². The van der Waals surface area contributed by atoms with Crippen LogP contribution in [0.25, 0.3) is 110 Å². The number of rotatable bonds is 8. The van der Waals surface area contributed by atoms with Crippen LogP contribution >= 0.6 is 0 Å². The topological polar surface area (TPSA) is 26.2 Å². The summed E-state index contributed by atoms with van der Waals surface area (Å²) in [6.45, 7) is 0. The summed E-state index contributed by atoms with van der Waals surface area (Å²) in [5.41, 5.74) is 19.0. The highest BCUT2D eigenvalue weighted by Gasteiger charge is 2.20. The van der Waals surface area contributed by atoms with Crippen LogP contribution in [0.5, 0.6) is 0 Å². The number of benzene rings is 11. The first-order chi connectivity index (χ1) is 34.7. The van der Waals surface area contributed by atoms with Crippen LogP contribution in [-0.4, -0.2) is 9.13 Å². The molecule has 328 valence electrons. The highest BCUT2D eigenvalue weighted by molar-refractivity contribution is 6.11. The molecule has 3 heterocycles. The van der Waals surface area contributed by atoms with Gasteiger partial charge in [-0.2, -0.15) is 0 Å². The maximum absolute atomic E-state index is 6.30. The molecule has 14 rings (SSSR count). The first-order valence-corrected chi connectivity index (χ1v) is 23.9. The molecule has 0 aliphatic rings. The zero-order valence-corrected chi connectivity index (χ0v) is 38.1. The standard InChI is InChI=1S/C66H43N3O/c1-8-22-59(68-61-24-10-3-17-53(61)54-18-4-11-25-62(54)68)51(15-1)46-31-29-44(30-32-46)45-33-37-48(38-34-45)67(50-41-42-66-58(43-50)57-21-7-14-28-65(57)70-66)49-39-35-47(36-40-49)52-16-2-9-23-60(52)69-63-26-12-5-19-55(63)56-20-6-13-27-64(56)69/h1-43H. The summed E-state index contributed by atoms with van der Waals surface area (Å²) in [7, 11) is 0. The maximum atomic E-state index is 6.30. The summed E-state index contributed by atoms with van der Waals surface area (Å²) in [6.07, 6.45) is 0. The summed E-state index contributed by atoms with van der Waals surface area (Å²) in [4.78, 5) is 2.35. The number of hydrogen-bond acceptors (Lipinski definition) is 2. The quantitative estimate of drug-likeness (QED) is 0.152. The summed E-state index contributed by atoms with van der Waals surface area (Å²) in [6, 6.07) is 94.1. The number of furan rings is 1. The van der Waals surface area contributed by atoms with Crippen LogP contribution in [0.15, 0.2) is 265 Å². The van der Waals surface area contributed by atoms with Gasteiger partial charge in [0, 0.05) is 60.5 Å². The van der Waals surface area contributed by atoms with E-state index in [4.69, 9.17) is 4.42 Å². The molecular weight excluding hydrogens is 851 g/mol. The van der Waals surface area contributed by atoms with E-state index in [2.05, 4.69) is 263 Å². The van der Waals surface area contributed by atoms with Crippen molar-refractivity contribution < 1.29 is 4.42 Å². The van der Waals surface area contributed by atoms with E-state index < -0.39 is 0 Å². The van der Waals surface area contributed by atoms with Crippen LogP contribution in [0.2, 0.25) is 0 Å². The average Bonchev–Trinajstić information content (AvgIpc) is 4.09. The Morgan fingerprint density at radius 1 is 0.257 bits per heavy atom. The van der Waals surface area contributed by atoms with Gasteiger partial charge in [0.1, 0.15) is 11.2 Å². The fourth-order valence-electron chi connectivity index (χ4n) is 10.9. The van der Waals surface area contributed by atoms with Crippen molar-refractivity contribution in [3.05, 3.63) is 261 Å². The lowest BCUT2D eigenvalue weighted by molar-refractivity contribution is 0.669. The molecule has 0 saturated carbocycles. The first kappa shape index (κ1) is 39.8. The van der Waals surface area contributed by atoms with Crippen molar-refractivity contribution in [1.29, 1.82) is 0 Å². The van der Waals surface area contributed by atoms with Crippen molar-refractivity contribution in [2.45, 2.75) is 0 Å². The van der Waals surface area contributed by atoms with E-state index in [1.165, 1.54) is 66.0 Å². The molecule has 0 aliphatic carbocycles. The van der Waals surface area contributed by atoms with Gasteiger partial charge in [0.15, 0.2) is 0 Å². The number of hydrogen-bond donors (Lipinski definition) is 0. The van der Waals surface area contributed by atoms with Crippen molar-refractivity contribution >= 4 is 82.6 Å². The lowest BCUT2D eigenvalue weighted by Gasteiger charge is -2.26. The predicted octanol–water partition coefficient (Wildman–Crippen LogP) is 18.3. The molecule has 0 fully saturated rings. The van der Waals surface area contributed by atoms with Gasteiger partial charge in [-0.05, 0) is 107 Å². The van der Waals surface area contributed by atoms with Gasteiger partial charge >= 0.3 is 0 Å². The fraction of sp³-hybridized carbons (Fsp3) is 0. The minimum Gasteiger partial charge on any atom is -0.456 e. The van der Waals surface area contributed by atoms with Gasteiger partial charge in [-0.3, -0.25) is 0 Å². The molecule has 0 amide bonds. The molecule has 11 aromatic carbocycles. The fourth-order valence-corrected chi connectivity index (χ4v) is 10.9. The number of para-hydroxylation sites is 7. The van der Waals surface area contributed by atoms with E-state index in [9.17, 15) is 0 Å². The molecule has 4 nitrogen and oxygen atoms in total. The first-order valence-electron chi connectivity index (χ1n) is 23.9. The van der Waals surface area contributed by atoms with Crippen molar-refractivity contribution in [3.63, 3.8) is 0 Å². The Hall–Kier alpha value is -9.38. The van der Waals surface area contributed by atoms with E-state index in [1.54, 1.807) is 0 Å². The molecule has 4 heteroatoms. The summed E-state index contributed by atoms with van der Waals surface area (Å²) in [5, 5.41) is 7.22. The molecule has 0 radical (unpaired) electrons. The molecule has 0 atom stereocenters. The minimum atomic E-state index is 0.874. The number of nitrogens with zero attached hydrogens (tertiary/aromatic N) is 3. The lowest BCUT2D eigenvalue weighted by Crippen LogP contribution is -2.09. The van der Waals surface area contributed by atoms with Crippen LogP contribution in [0, 0.1) is 0 Å². The Morgan fingerprint density at radius 3 is 1.09 bits per heavy atom. The van der Waals surface area contributed by atoms with Crippen molar-refractivity contribution in [3.8, 4) is 44.8 Å². The normalized spacial score (nSPS) is 11.7. The third-order valence-corrected chi connectivity index (χ3v) is 14.2. The lowest BCUT2D eigenvalue weighted by atomic mass is 9.98. The van der Waals surface area contributed by atoms with Gasteiger partial charge in [0.2, 0.25) is 0 Å². The Labute approximate surface area is 404 Å². The van der Waals surface area contributed by atoms with Crippen molar-refractivity contribution in [2.75, 3.05) is 4.90 Å². The van der Waals surface area contributed by atoms with E-state index in [0.717, 1.165) is 61.4 Å². The second kappa shape index (κ2) is 16.2. The molecule has 0 unspecified atom stereocenters. The molecule has 0 bridgehead atoms. The molecule has 0 spiro atoms. The maximum Gasteiger partial charge on any atom is 0.135 e. The van der Waals surface area contributed by atoms with Gasteiger partial charge < -0.3 is 18.5 Å². The summed E-state index contributed by atoms with van der Waals surface area (Å²) >= 11 is 0. The predicted molar refractivity (Wildman–Crippen MR) is 293 cm³/mol. The Morgan fingerprint density at radius 2 is 0.600 bits per heavy atom. The molecule has 70 heavy (non-hydrogen) atoms. The Bertz CT molecular complexity index is 4180. The highest BCUT2D eigenvalue weighted by Crippen LogP contribution is 2.42. The van der Waals surface area contributed by atoms with Crippen LogP contribution in [0.3, 0.4) is 0 Å². The number of aromatic nitrogens is 2. The second-order valence-corrected chi connectivity index (χ2v) is 18.1. The van der Waals surface area contributed by atoms with Crippen LogP contribution < -0.4 is 4.90 Å². The molecule has 3 aromatic heterocycles. The van der Waals surface area contributed by atoms with Gasteiger partial charge in [-0.15, -0.1) is 0 Å². The number of fused-ring (bicyclic) bond motifs is 9. The molecule has 0 aliphatic heterocycles. The van der Waals surface area contributed by atoms with E-state index in [0.29, 0.717) is 0 Å². The summed E-state index contributed by atoms with van der Waals surface area (Å²) in [5.74, 6) is 0. The minimum absolute atomic E-state index is 0.874. The molecule has 0 N–H and O–H groups in total. The molecular formula is C66H43N3O. The van der Waals surface area contributed by atoms with Gasteiger partial charge in [0.25, 0.3) is 0 Å². The highest BCUT2D eigenvalue weighted by atomic mass is 16.3. The van der Waals surface area contributed by atoms with Gasteiger partial charge in [-0.25, -0.2) is 0 Å². The third kappa shape index (κ3) is 6.38. The zero-order valence-electron chi connectivity index (χ0n) is 38.1. The smallest absolute Gasteiger partial charge is 0.135 e. The average molecular weight is 894 g/mol. The molecule has 14 aromatic rings. The largest absolute Gasteiger partial charge is 0.456 e. The van der Waals surface area contributed by atoms with Crippen molar-refractivity contribution in [1.82, 2.24) is 9.13 Å². The van der Waals surface area contributed by atoms with Crippen molar-refractivity contribution in [2.24, 2.45) is 0 Å². The zero-order chi connectivity index (χ0) is 46.1. The van der Waals surface area contributed by atoms with E-state index in [1.807, 2.05) is 12.1 Å². The second-order valence-electron chi connectivity index (χ2n) is 18.1. The Balaban J connectivity index is 0.833. The van der Waals surface area contributed by atoms with Crippen LogP contribution in [-0.2, 0) is 0 Å². The SMILES string of the molecule is c1ccc(-n2c3ccccc3c3ccccc32)c(-c2ccc(-c3ccc(N(c4ccc(-c5ccccc5-n5c6ccccc6c6ccccc65)cc4)c4ccc5oc6ccccc6c5c4)cc3)cc2)c1. The molecule has 0 saturated heterocycles.